The molecule has 3 aromatic heterocycles. The maximum atomic E-state index is 12.5. The van der Waals surface area contributed by atoms with Crippen LogP contribution in [0.25, 0.3) is 16.8 Å². The van der Waals surface area contributed by atoms with Crippen LogP contribution in [0.3, 0.4) is 0 Å². The monoisotopic (exact) mass is 402 g/mol. The van der Waals surface area contributed by atoms with Crippen LogP contribution in [0.15, 0.2) is 18.5 Å². The van der Waals surface area contributed by atoms with Gasteiger partial charge >= 0.3 is 0 Å². The summed E-state index contributed by atoms with van der Waals surface area (Å²) in [6, 6.07) is 2.01. The van der Waals surface area contributed by atoms with E-state index in [-0.39, 0.29) is 23.6 Å². The highest BCUT2D eigenvalue weighted by atomic mass is 32.2. The average molecular weight is 403 g/mol. The first-order valence-corrected chi connectivity index (χ1v) is 11.3. The summed E-state index contributed by atoms with van der Waals surface area (Å²) in [5, 5.41) is 8.78. The molecule has 3 aromatic rings. The van der Waals surface area contributed by atoms with Gasteiger partial charge in [-0.3, -0.25) is 4.40 Å². The number of aromatic amines is 1. The molecule has 4 aliphatic carbocycles. The molecule has 2 N–H and O–H groups in total. The Morgan fingerprint density at radius 3 is 2.50 bits per heavy atom. The van der Waals surface area contributed by atoms with Crippen LogP contribution >= 0.6 is 0 Å². The largest absolute Gasteiger partial charge is 0.345 e. The molecular formula is C19H26N6O2S. The summed E-state index contributed by atoms with van der Waals surface area (Å²) in [5.74, 6) is 1.00. The molecule has 4 saturated carbocycles. The highest BCUT2D eigenvalue weighted by molar-refractivity contribution is 7.90. The van der Waals surface area contributed by atoms with E-state index in [1.807, 2.05) is 12.3 Å². The van der Waals surface area contributed by atoms with Crippen molar-refractivity contribution < 1.29 is 8.42 Å². The van der Waals surface area contributed by atoms with Crippen LogP contribution in [-0.2, 0) is 15.4 Å². The van der Waals surface area contributed by atoms with E-state index < -0.39 is 10.0 Å². The number of hydrogen-bond acceptors (Lipinski definition) is 5. The standard InChI is InChI=1S/C18H22N6O2S.CH4/c25-27(26,12-1-2-12)23-18-7-4-17(5-8-18,6-9-18)16-22-21-14-11-20-15-13(24(14)16)3-10-19-15;/h3,10-12,19,23H,1-2,4-9H2;1H4. The number of aromatic nitrogens is 5. The van der Waals surface area contributed by atoms with Gasteiger partial charge in [-0.05, 0) is 57.4 Å². The lowest BCUT2D eigenvalue weighted by molar-refractivity contribution is 0.0882. The summed E-state index contributed by atoms with van der Waals surface area (Å²) < 4.78 is 30.2. The number of nitrogens with one attached hydrogen (secondary N) is 2. The van der Waals surface area contributed by atoms with Gasteiger partial charge in [-0.1, -0.05) is 7.43 Å². The highest BCUT2D eigenvalue weighted by Crippen LogP contribution is 2.53. The zero-order chi connectivity index (χ0) is 18.3. The molecule has 0 atom stereocenters. The summed E-state index contributed by atoms with van der Waals surface area (Å²) in [7, 11) is -3.16. The van der Waals surface area contributed by atoms with Gasteiger partial charge in [0.2, 0.25) is 10.0 Å². The van der Waals surface area contributed by atoms with Crippen LogP contribution in [-0.4, -0.2) is 43.8 Å². The van der Waals surface area contributed by atoms with Gasteiger partial charge < -0.3 is 4.98 Å². The smallest absolute Gasteiger partial charge is 0.214 e. The van der Waals surface area contributed by atoms with Crippen molar-refractivity contribution in [3.8, 4) is 0 Å². The highest BCUT2D eigenvalue weighted by Gasteiger charge is 2.54. The number of sulfonamides is 1. The lowest BCUT2D eigenvalue weighted by atomic mass is 9.57. The topological polar surface area (TPSA) is 105 Å². The van der Waals surface area contributed by atoms with Gasteiger partial charge in [-0.25, -0.2) is 18.1 Å². The van der Waals surface area contributed by atoms with Crippen LogP contribution in [0, 0.1) is 0 Å². The lowest BCUT2D eigenvalue weighted by Crippen LogP contribution is -2.58. The van der Waals surface area contributed by atoms with Crippen LogP contribution in [0.1, 0.15) is 64.6 Å². The molecule has 8 nitrogen and oxygen atoms in total. The molecule has 9 heteroatoms. The van der Waals surface area contributed by atoms with E-state index in [2.05, 4.69) is 29.3 Å². The third kappa shape index (κ3) is 2.45. The van der Waals surface area contributed by atoms with E-state index in [1.165, 1.54) is 0 Å². The van der Waals surface area contributed by atoms with Crippen molar-refractivity contribution in [2.75, 3.05) is 0 Å². The van der Waals surface area contributed by atoms with Crippen LogP contribution in [0.2, 0.25) is 0 Å². The second kappa shape index (κ2) is 5.76. The Balaban J connectivity index is 0.00000171. The summed E-state index contributed by atoms with van der Waals surface area (Å²) >= 11 is 0. The molecular weight excluding hydrogens is 376 g/mol. The predicted molar refractivity (Wildman–Crippen MR) is 107 cm³/mol. The van der Waals surface area contributed by atoms with E-state index in [0.717, 1.165) is 74.0 Å². The number of fused-ring (bicyclic) bond motifs is 6. The molecule has 0 saturated heterocycles. The number of hydrogen-bond donors (Lipinski definition) is 2. The summed E-state index contributed by atoms with van der Waals surface area (Å²) in [5.41, 5.74) is 2.31. The Morgan fingerprint density at radius 2 is 1.82 bits per heavy atom. The van der Waals surface area contributed by atoms with E-state index >= 15 is 0 Å². The van der Waals surface area contributed by atoms with Gasteiger partial charge in [0.05, 0.1) is 17.0 Å². The second-order valence-electron chi connectivity index (χ2n) is 8.59. The third-order valence-corrected chi connectivity index (χ3v) is 9.05. The molecule has 0 radical (unpaired) electrons. The van der Waals surface area contributed by atoms with Gasteiger partial charge in [0.15, 0.2) is 11.3 Å². The molecule has 3 heterocycles. The van der Waals surface area contributed by atoms with Crippen molar-refractivity contribution in [2.45, 2.75) is 75.0 Å². The van der Waals surface area contributed by atoms with Crippen LogP contribution < -0.4 is 4.72 Å². The maximum absolute atomic E-state index is 12.5. The number of H-pyrrole nitrogens is 1. The molecule has 0 spiro atoms. The predicted octanol–water partition coefficient (Wildman–Crippen LogP) is 2.67. The number of rotatable bonds is 4. The number of nitrogens with zero attached hydrogens (tertiary/aromatic N) is 4. The Labute approximate surface area is 164 Å². The van der Waals surface area contributed by atoms with E-state index in [4.69, 9.17) is 0 Å². The molecule has 0 aromatic carbocycles. The fourth-order valence-corrected chi connectivity index (χ4v) is 6.99. The second-order valence-corrected chi connectivity index (χ2v) is 10.6. The molecule has 4 fully saturated rings. The van der Waals surface area contributed by atoms with E-state index in [9.17, 15) is 8.42 Å². The van der Waals surface area contributed by atoms with Gasteiger partial charge in [-0.15, -0.1) is 10.2 Å². The van der Waals surface area contributed by atoms with Crippen molar-refractivity contribution in [1.29, 1.82) is 0 Å². The van der Waals surface area contributed by atoms with Crippen molar-refractivity contribution in [3.05, 3.63) is 24.3 Å². The normalized spacial score (nSPS) is 30.0. The molecule has 0 amide bonds. The minimum absolute atomic E-state index is 0. The zero-order valence-electron chi connectivity index (χ0n) is 15.0. The molecule has 2 bridgehead atoms. The van der Waals surface area contributed by atoms with Gasteiger partial charge in [0, 0.05) is 17.2 Å². The quantitative estimate of drug-likeness (QED) is 0.698. The van der Waals surface area contributed by atoms with Gasteiger partial charge in [0.1, 0.15) is 5.82 Å². The Morgan fingerprint density at radius 1 is 1.11 bits per heavy atom. The summed E-state index contributed by atoms with van der Waals surface area (Å²) in [6.07, 6.45) is 10.7. The van der Waals surface area contributed by atoms with Crippen molar-refractivity contribution in [2.24, 2.45) is 0 Å². The molecule has 7 rings (SSSR count). The van der Waals surface area contributed by atoms with Gasteiger partial charge in [-0.2, -0.15) is 0 Å². The average Bonchev–Trinajstić information content (AvgIpc) is 3.27. The zero-order valence-corrected chi connectivity index (χ0v) is 15.8. The Kier molecular flexibility index (Phi) is 3.71. The van der Waals surface area contributed by atoms with Crippen molar-refractivity contribution in [1.82, 2.24) is 29.3 Å². The van der Waals surface area contributed by atoms with Crippen LogP contribution in [0.4, 0.5) is 0 Å². The molecule has 0 unspecified atom stereocenters. The first-order chi connectivity index (χ1) is 13.0. The fourth-order valence-electron chi connectivity index (χ4n) is 5.16. The Bertz CT molecular complexity index is 1140. The van der Waals surface area contributed by atoms with Crippen LogP contribution in [0.5, 0.6) is 0 Å². The minimum Gasteiger partial charge on any atom is -0.345 e. The third-order valence-electron chi connectivity index (χ3n) is 6.98. The molecule has 150 valence electrons. The summed E-state index contributed by atoms with van der Waals surface area (Å²) in [6.45, 7) is 0. The van der Waals surface area contributed by atoms with E-state index in [1.54, 1.807) is 6.20 Å². The summed E-state index contributed by atoms with van der Waals surface area (Å²) in [4.78, 5) is 7.56. The fraction of sp³-hybridized carbons (Fsp3) is 0.632. The minimum atomic E-state index is -3.16. The van der Waals surface area contributed by atoms with Crippen molar-refractivity contribution >= 4 is 26.8 Å². The van der Waals surface area contributed by atoms with Gasteiger partial charge in [0.25, 0.3) is 0 Å². The lowest BCUT2D eigenvalue weighted by Gasteiger charge is -2.52. The first-order valence-electron chi connectivity index (χ1n) is 9.71. The first kappa shape index (κ1) is 18.1. The molecule has 28 heavy (non-hydrogen) atoms. The molecule has 0 aliphatic heterocycles. The van der Waals surface area contributed by atoms with Crippen molar-refractivity contribution in [3.63, 3.8) is 0 Å². The Hall–Kier alpha value is -2.00. The molecule has 4 aliphatic rings. The van der Waals surface area contributed by atoms with E-state index in [0.29, 0.717) is 0 Å². The SMILES string of the molecule is C.O=S(=O)(NC12CCC(c3nnc4cnc5[nH]ccc5n34)(CC1)CC2)C1CC1. The maximum Gasteiger partial charge on any atom is 0.214 e.